The van der Waals surface area contributed by atoms with Crippen LogP contribution in [0.1, 0.15) is 64.2 Å². The first kappa shape index (κ1) is 15.6. The van der Waals surface area contributed by atoms with E-state index in [0.717, 1.165) is 24.2 Å². The van der Waals surface area contributed by atoms with Crippen LogP contribution < -0.4 is 5.32 Å². The lowest BCUT2D eigenvalue weighted by atomic mass is 9.48. The van der Waals surface area contributed by atoms with Crippen LogP contribution >= 0.6 is 0 Å². The molecular formula is C17H28F3N. The van der Waals surface area contributed by atoms with E-state index in [1.165, 1.54) is 38.5 Å². The molecule has 1 nitrogen and oxygen atoms in total. The monoisotopic (exact) mass is 303 g/mol. The van der Waals surface area contributed by atoms with Crippen molar-refractivity contribution >= 4 is 0 Å². The maximum atomic E-state index is 12.3. The lowest BCUT2D eigenvalue weighted by Crippen LogP contribution is -2.48. The number of alkyl halides is 3. The Morgan fingerprint density at radius 3 is 2.00 bits per heavy atom. The van der Waals surface area contributed by atoms with Crippen molar-refractivity contribution in [3.8, 4) is 0 Å². The summed E-state index contributed by atoms with van der Waals surface area (Å²) in [5.41, 5.74) is 0.459. The average Bonchev–Trinajstić information content (AvgIpc) is 2.34. The summed E-state index contributed by atoms with van der Waals surface area (Å²) in [4.78, 5) is 0. The average molecular weight is 303 g/mol. The summed E-state index contributed by atoms with van der Waals surface area (Å²) < 4.78 is 36.9. The molecular weight excluding hydrogens is 275 g/mol. The summed E-state index contributed by atoms with van der Waals surface area (Å²) in [6.45, 7) is 0. The zero-order valence-corrected chi connectivity index (χ0v) is 13.0. The van der Waals surface area contributed by atoms with Gasteiger partial charge < -0.3 is 5.32 Å². The van der Waals surface area contributed by atoms with Crippen LogP contribution in [0.15, 0.2) is 0 Å². The Kier molecular flexibility index (Phi) is 4.28. The predicted octanol–water partition coefficient (Wildman–Crippen LogP) is 4.91. The van der Waals surface area contributed by atoms with Crippen LogP contribution in [-0.4, -0.2) is 19.3 Å². The normalized spacial score (nSPS) is 39.7. The van der Waals surface area contributed by atoms with Gasteiger partial charge in [0.15, 0.2) is 0 Å². The van der Waals surface area contributed by atoms with Gasteiger partial charge in [0.25, 0.3) is 0 Å². The van der Waals surface area contributed by atoms with Gasteiger partial charge in [-0.05, 0) is 88.0 Å². The molecule has 0 radical (unpaired) electrons. The molecule has 0 amide bonds. The molecule has 0 spiro atoms. The van der Waals surface area contributed by atoms with Crippen LogP contribution in [-0.2, 0) is 0 Å². The minimum absolute atomic E-state index is 0.265. The molecule has 4 heteroatoms. The molecule has 4 aliphatic carbocycles. The molecule has 4 bridgehead atoms. The van der Waals surface area contributed by atoms with Gasteiger partial charge in [-0.1, -0.05) is 0 Å². The molecule has 4 rings (SSSR count). The van der Waals surface area contributed by atoms with Crippen LogP contribution in [0.25, 0.3) is 0 Å². The van der Waals surface area contributed by atoms with Gasteiger partial charge in [-0.25, -0.2) is 0 Å². The Morgan fingerprint density at radius 1 is 1.05 bits per heavy atom. The number of hydrogen-bond acceptors (Lipinski definition) is 1. The lowest BCUT2D eigenvalue weighted by Gasteiger charge is -2.57. The standard InChI is InChI=1S/C17H28F3N/c1-21-15(3-2-4-17(18,19)20)11-16-8-12-5-13(9-16)7-14(6-12)10-16/h12-15,21H,2-11H2,1H3. The van der Waals surface area contributed by atoms with E-state index in [1.54, 1.807) is 0 Å². The van der Waals surface area contributed by atoms with Crippen LogP contribution in [0.2, 0.25) is 0 Å². The third kappa shape index (κ3) is 3.75. The van der Waals surface area contributed by atoms with Crippen molar-refractivity contribution in [1.29, 1.82) is 0 Å². The topological polar surface area (TPSA) is 12.0 Å². The fourth-order valence-electron chi connectivity index (χ4n) is 5.96. The minimum atomic E-state index is -4.00. The van der Waals surface area contributed by atoms with Gasteiger partial charge in [-0.3, -0.25) is 0 Å². The van der Waals surface area contributed by atoms with Crippen molar-refractivity contribution in [3.63, 3.8) is 0 Å². The Hall–Kier alpha value is -0.250. The molecule has 4 aliphatic rings. The molecule has 122 valence electrons. The summed E-state index contributed by atoms with van der Waals surface area (Å²) in [6.07, 6.45) is 5.71. The number of hydrogen-bond donors (Lipinski definition) is 1. The van der Waals surface area contributed by atoms with Gasteiger partial charge in [0.1, 0.15) is 0 Å². The van der Waals surface area contributed by atoms with Crippen LogP contribution in [0.4, 0.5) is 13.2 Å². The lowest BCUT2D eigenvalue weighted by molar-refractivity contribution is -0.136. The predicted molar refractivity (Wildman–Crippen MR) is 78.0 cm³/mol. The van der Waals surface area contributed by atoms with Crippen LogP contribution in [0.3, 0.4) is 0 Å². The third-order valence-electron chi connectivity index (χ3n) is 6.27. The summed E-state index contributed by atoms with van der Waals surface area (Å²) >= 11 is 0. The van der Waals surface area contributed by atoms with E-state index in [0.29, 0.717) is 11.8 Å². The molecule has 0 aromatic heterocycles. The molecule has 1 unspecified atom stereocenters. The zero-order valence-electron chi connectivity index (χ0n) is 13.0. The molecule has 0 saturated heterocycles. The van der Waals surface area contributed by atoms with Crippen molar-refractivity contribution in [2.75, 3.05) is 7.05 Å². The molecule has 0 heterocycles. The fraction of sp³-hybridized carbons (Fsp3) is 1.00. The number of halogens is 3. The third-order valence-corrected chi connectivity index (χ3v) is 6.27. The van der Waals surface area contributed by atoms with Gasteiger partial charge in [0.2, 0.25) is 0 Å². The largest absolute Gasteiger partial charge is 0.389 e. The minimum Gasteiger partial charge on any atom is -0.317 e. The Balaban J connectivity index is 1.54. The zero-order chi connectivity index (χ0) is 15.1. The second-order valence-corrected chi connectivity index (χ2v) is 8.11. The Morgan fingerprint density at radius 2 is 1.57 bits per heavy atom. The SMILES string of the molecule is CNC(CCCC(F)(F)F)CC12CC3CC(CC(C3)C1)C2. The molecule has 0 aromatic carbocycles. The first-order chi connectivity index (χ1) is 9.87. The fourth-order valence-corrected chi connectivity index (χ4v) is 5.96. The van der Waals surface area contributed by atoms with Gasteiger partial charge in [-0.2, -0.15) is 13.2 Å². The summed E-state index contributed by atoms with van der Waals surface area (Å²) in [7, 11) is 1.92. The Bertz CT molecular complexity index is 328. The summed E-state index contributed by atoms with van der Waals surface area (Å²) in [5.74, 6) is 2.76. The van der Waals surface area contributed by atoms with Gasteiger partial charge >= 0.3 is 6.18 Å². The van der Waals surface area contributed by atoms with Gasteiger partial charge in [0, 0.05) is 12.5 Å². The van der Waals surface area contributed by atoms with Crippen molar-refractivity contribution < 1.29 is 13.2 Å². The van der Waals surface area contributed by atoms with Gasteiger partial charge in [0.05, 0.1) is 0 Å². The summed E-state index contributed by atoms with van der Waals surface area (Å²) in [6, 6.07) is 0.267. The molecule has 0 aromatic rings. The molecule has 4 fully saturated rings. The maximum Gasteiger partial charge on any atom is 0.389 e. The smallest absolute Gasteiger partial charge is 0.317 e. The van der Waals surface area contributed by atoms with E-state index in [9.17, 15) is 13.2 Å². The molecule has 1 atom stereocenters. The first-order valence-corrected chi connectivity index (χ1v) is 8.61. The van der Waals surface area contributed by atoms with E-state index < -0.39 is 12.6 Å². The molecule has 21 heavy (non-hydrogen) atoms. The second-order valence-electron chi connectivity index (χ2n) is 8.11. The van der Waals surface area contributed by atoms with Crippen LogP contribution in [0.5, 0.6) is 0 Å². The maximum absolute atomic E-state index is 12.3. The van der Waals surface area contributed by atoms with E-state index >= 15 is 0 Å². The number of rotatable bonds is 6. The quantitative estimate of drug-likeness (QED) is 0.735. The van der Waals surface area contributed by atoms with Gasteiger partial charge in [-0.15, -0.1) is 0 Å². The van der Waals surface area contributed by atoms with E-state index in [1.807, 2.05) is 7.05 Å². The van der Waals surface area contributed by atoms with Crippen molar-refractivity contribution in [1.82, 2.24) is 5.32 Å². The highest BCUT2D eigenvalue weighted by Gasteiger charge is 2.51. The first-order valence-electron chi connectivity index (χ1n) is 8.61. The van der Waals surface area contributed by atoms with E-state index in [-0.39, 0.29) is 12.5 Å². The molecule has 4 saturated carbocycles. The van der Waals surface area contributed by atoms with E-state index in [4.69, 9.17) is 0 Å². The highest BCUT2D eigenvalue weighted by atomic mass is 19.4. The van der Waals surface area contributed by atoms with Crippen molar-refractivity contribution in [2.24, 2.45) is 23.2 Å². The van der Waals surface area contributed by atoms with Crippen molar-refractivity contribution in [2.45, 2.75) is 76.4 Å². The number of nitrogens with one attached hydrogen (secondary N) is 1. The Labute approximate surface area is 126 Å². The highest BCUT2D eigenvalue weighted by Crippen LogP contribution is 2.61. The van der Waals surface area contributed by atoms with E-state index in [2.05, 4.69) is 5.32 Å². The van der Waals surface area contributed by atoms with Crippen molar-refractivity contribution in [3.05, 3.63) is 0 Å². The molecule has 1 N–H and O–H groups in total. The highest BCUT2D eigenvalue weighted by molar-refractivity contribution is 5.02. The molecule has 0 aliphatic heterocycles. The summed E-state index contributed by atoms with van der Waals surface area (Å²) in [5, 5.41) is 3.30. The van der Waals surface area contributed by atoms with Crippen LogP contribution in [0, 0.1) is 23.2 Å². The second kappa shape index (κ2) is 5.75.